The smallest absolute Gasteiger partial charge is 0.344 e. The number of aromatic amines is 1. The van der Waals surface area contributed by atoms with Gasteiger partial charge in [-0.25, -0.2) is 14.9 Å². The van der Waals surface area contributed by atoms with Gasteiger partial charge in [0.1, 0.15) is 5.03 Å². The molecule has 0 aliphatic rings. The third kappa shape index (κ3) is 2.40. The van der Waals surface area contributed by atoms with Crippen molar-refractivity contribution in [2.24, 2.45) is 0 Å². The summed E-state index contributed by atoms with van der Waals surface area (Å²) in [5.41, 5.74) is 6.93. The van der Waals surface area contributed by atoms with E-state index in [1.165, 1.54) is 11.8 Å². The molecule has 0 aliphatic carbocycles. The normalized spacial score (nSPS) is 11.1. The summed E-state index contributed by atoms with van der Waals surface area (Å²) >= 11 is 1.34. The van der Waals surface area contributed by atoms with Gasteiger partial charge in [0.25, 0.3) is 0 Å². The van der Waals surface area contributed by atoms with Crippen LogP contribution in [0.4, 0.5) is 5.69 Å². The highest BCUT2D eigenvalue weighted by Gasteiger charge is 2.13. The average molecular weight is 265 g/mol. The van der Waals surface area contributed by atoms with Crippen molar-refractivity contribution < 1.29 is 0 Å². The lowest BCUT2D eigenvalue weighted by Gasteiger charge is -2.08. The van der Waals surface area contributed by atoms with E-state index >= 15 is 0 Å². The highest BCUT2D eigenvalue weighted by molar-refractivity contribution is 7.99. The maximum absolute atomic E-state index is 11.6. The van der Waals surface area contributed by atoms with Crippen molar-refractivity contribution >= 4 is 17.4 Å². The van der Waals surface area contributed by atoms with Crippen LogP contribution in [0.2, 0.25) is 0 Å². The van der Waals surface area contributed by atoms with E-state index in [9.17, 15) is 4.79 Å². The summed E-state index contributed by atoms with van der Waals surface area (Å²) in [6.07, 6.45) is 0. The van der Waals surface area contributed by atoms with Gasteiger partial charge in [-0.15, -0.1) is 5.10 Å². The predicted octanol–water partition coefficient (Wildman–Crippen LogP) is 1.59. The number of aryl methyl sites for hydroxylation is 1. The summed E-state index contributed by atoms with van der Waals surface area (Å²) in [4.78, 5) is 15.9. The molecule has 0 spiro atoms. The SMILES string of the molecule is Cc1nc(Sc2n[nH]c(=O)n2C(C)C)ccc1N. The number of anilines is 1. The molecule has 2 aromatic heterocycles. The van der Waals surface area contributed by atoms with Crippen LogP contribution in [0.1, 0.15) is 25.6 Å². The first-order valence-corrected chi connectivity index (χ1v) is 6.38. The largest absolute Gasteiger partial charge is 0.397 e. The monoisotopic (exact) mass is 265 g/mol. The summed E-state index contributed by atoms with van der Waals surface area (Å²) in [5, 5.41) is 7.82. The molecule has 2 aromatic rings. The maximum atomic E-state index is 11.6. The molecular formula is C11H15N5OS. The van der Waals surface area contributed by atoms with Gasteiger partial charge in [-0.05, 0) is 44.7 Å². The van der Waals surface area contributed by atoms with Crippen LogP contribution in [0.5, 0.6) is 0 Å². The van der Waals surface area contributed by atoms with Crippen LogP contribution < -0.4 is 11.4 Å². The predicted molar refractivity (Wildman–Crippen MR) is 70.7 cm³/mol. The Labute approximate surface area is 109 Å². The Balaban J connectivity index is 2.34. The highest BCUT2D eigenvalue weighted by Crippen LogP contribution is 2.26. The molecule has 0 aliphatic heterocycles. The first-order chi connectivity index (χ1) is 8.49. The molecule has 0 aromatic carbocycles. The van der Waals surface area contributed by atoms with Crippen molar-refractivity contribution in [3.63, 3.8) is 0 Å². The fourth-order valence-electron chi connectivity index (χ4n) is 1.52. The molecule has 0 atom stereocenters. The van der Waals surface area contributed by atoms with Gasteiger partial charge in [0.05, 0.1) is 11.4 Å². The number of nitrogen functional groups attached to an aromatic ring is 1. The number of hydrogen-bond donors (Lipinski definition) is 2. The lowest BCUT2D eigenvalue weighted by Crippen LogP contribution is -2.19. The molecule has 0 fully saturated rings. The standard InChI is InChI=1S/C11H15N5OS/c1-6(2)16-10(17)14-15-11(16)18-9-5-4-8(12)7(3)13-9/h4-6H,12H2,1-3H3,(H,14,17). The summed E-state index contributed by atoms with van der Waals surface area (Å²) in [6.45, 7) is 5.71. The highest BCUT2D eigenvalue weighted by atomic mass is 32.2. The number of aromatic nitrogens is 4. The number of nitrogens with two attached hydrogens (primary N) is 1. The molecule has 0 bridgehead atoms. The summed E-state index contributed by atoms with van der Waals surface area (Å²) in [7, 11) is 0. The van der Waals surface area contributed by atoms with Crippen molar-refractivity contribution in [3.8, 4) is 0 Å². The van der Waals surface area contributed by atoms with E-state index in [4.69, 9.17) is 5.73 Å². The molecule has 0 saturated heterocycles. The minimum Gasteiger partial charge on any atom is -0.397 e. The van der Waals surface area contributed by atoms with Crippen LogP contribution >= 0.6 is 11.8 Å². The molecule has 6 nitrogen and oxygen atoms in total. The van der Waals surface area contributed by atoms with Crippen molar-refractivity contribution in [2.75, 3.05) is 5.73 Å². The Hall–Kier alpha value is -1.76. The number of pyridine rings is 1. The first-order valence-electron chi connectivity index (χ1n) is 5.57. The van der Waals surface area contributed by atoms with E-state index in [2.05, 4.69) is 15.2 Å². The zero-order valence-corrected chi connectivity index (χ0v) is 11.3. The van der Waals surface area contributed by atoms with Crippen molar-refractivity contribution in [1.29, 1.82) is 0 Å². The molecule has 3 N–H and O–H groups in total. The van der Waals surface area contributed by atoms with Crippen LogP contribution in [-0.2, 0) is 0 Å². The Morgan fingerprint density at radius 1 is 1.44 bits per heavy atom. The molecular weight excluding hydrogens is 250 g/mol. The van der Waals surface area contributed by atoms with Gasteiger partial charge in [-0.3, -0.25) is 4.57 Å². The summed E-state index contributed by atoms with van der Waals surface area (Å²) in [6, 6.07) is 3.67. The van der Waals surface area contributed by atoms with E-state index < -0.39 is 0 Å². The van der Waals surface area contributed by atoms with E-state index in [1.807, 2.05) is 26.8 Å². The lowest BCUT2D eigenvalue weighted by molar-refractivity contribution is 0.534. The van der Waals surface area contributed by atoms with Gasteiger partial charge < -0.3 is 5.73 Å². The quantitative estimate of drug-likeness (QED) is 0.879. The Morgan fingerprint density at radius 3 is 2.78 bits per heavy atom. The Morgan fingerprint density at radius 2 is 2.17 bits per heavy atom. The average Bonchev–Trinajstić information content (AvgIpc) is 2.65. The topological polar surface area (TPSA) is 89.6 Å². The fourth-order valence-corrected chi connectivity index (χ4v) is 2.51. The molecule has 2 heterocycles. The minimum atomic E-state index is -0.209. The number of H-pyrrole nitrogens is 1. The van der Waals surface area contributed by atoms with E-state index in [1.54, 1.807) is 10.6 Å². The molecule has 18 heavy (non-hydrogen) atoms. The second kappa shape index (κ2) is 4.85. The molecule has 0 unspecified atom stereocenters. The van der Waals surface area contributed by atoms with Gasteiger partial charge in [0, 0.05) is 6.04 Å². The number of rotatable bonds is 3. The third-order valence-corrected chi connectivity index (χ3v) is 3.39. The zero-order chi connectivity index (χ0) is 13.3. The van der Waals surface area contributed by atoms with Gasteiger partial charge >= 0.3 is 5.69 Å². The van der Waals surface area contributed by atoms with E-state index in [-0.39, 0.29) is 11.7 Å². The van der Waals surface area contributed by atoms with Crippen molar-refractivity contribution in [1.82, 2.24) is 19.7 Å². The third-order valence-electron chi connectivity index (χ3n) is 2.49. The van der Waals surface area contributed by atoms with Crippen molar-refractivity contribution in [3.05, 3.63) is 28.3 Å². The van der Waals surface area contributed by atoms with Gasteiger partial charge in [-0.1, -0.05) is 0 Å². The first kappa shape index (κ1) is 12.7. The molecule has 7 heteroatoms. The Kier molecular flexibility index (Phi) is 3.42. The zero-order valence-electron chi connectivity index (χ0n) is 10.5. The Bertz CT molecular complexity index is 616. The summed E-state index contributed by atoms with van der Waals surface area (Å²) < 4.78 is 1.60. The van der Waals surface area contributed by atoms with Crippen LogP contribution in [0.25, 0.3) is 0 Å². The van der Waals surface area contributed by atoms with Crippen LogP contribution in [0.15, 0.2) is 27.1 Å². The fraction of sp³-hybridized carbons (Fsp3) is 0.364. The minimum absolute atomic E-state index is 0.0497. The molecule has 0 saturated carbocycles. The molecule has 0 amide bonds. The number of nitrogens with zero attached hydrogens (tertiary/aromatic N) is 3. The summed E-state index contributed by atoms with van der Waals surface area (Å²) in [5.74, 6) is 0. The van der Waals surface area contributed by atoms with E-state index in [0.717, 1.165) is 10.7 Å². The number of nitrogens with one attached hydrogen (secondary N) is 1. The van der Waals surface area contributed by atoms with Crippen LogP contribution in [0, 0.1) is 6.92 Å². The van der Waals surface area contributed by atoms with Gasteiger partial charge in [0.15, 0.2) is 5.16 Å². The lowest BCUT2D eigenvalue weighted by atomic mass is 10.3. The van der Waals surface area contributed by atoms with Crippen LogP contribution in [-0.4, -0.2) is 19.7 Å². The molecule has 2 rings (SSSR count). The van der Waals surface area contributed by atoms with Crippen molar-refractivity contribution in [2.45, 2.75) is 37.0 Å². The van der Waals surface area contributed by atoms with Gasteiger partial charge in [0.2, 0.25) is 0 Å². The molecule has 0 radical (unpaired) electrons. The second-order valence-corrected chi connectivity index (χ2v) is 5.19. The van der Waals surface area contributed by atoms with Gasteiger partial charge in [-0.2, -0.15) is 0 Å². The second-order valence-electron chi connectivity index (χ2n) is 4.20. The molecule has 96 valence electrons. The maximum Gasteiger partial charge on any atom is 0.344 e. The van der Waals surface area contributed by atoms with E-state index in [0.29, 0.717) is 10.8 Å². The number of hydrogen-bond acceptors (Lipinski definition) is 5. The van der Waals surface area contributed by atoms with Crippen LogP contribution in [0.3, 0.4) is 0 Å².